The van der Waals surface area contributed by atoms with Gasteiger partial charge in [-0.25, -0.2) is 9.18 Å². The van der Waals surface area contributed by atoms with Crippen LogP contribution in [0.5, 0.6) is 0 Å². The zero-order valence-corrected chi connectivity index (χ0v) is 10.6. The lowest BCUT2D eigenvalue weighted by Gasteiger charge is -2.23. The molecule has 2 N–H and O–H groups in total. The van der Waals surface area contributed by atoms with Gasteiger partial charge in [0.2, 0.25) is 0 Å². The number of nitrogens with zero attached hydrogens (tertiary/aromatic N) is 2. The highest BCUT2D eigenvalue weighted by atomic mass is 19.1. The molecule has 1 fully saturated rings. The lowest BCUT2D eigenvalue weighted by Crippen LogP contribution is -2.29. The summed E-state index contributed by atoms with van der Waals surface area (Å²) in [4.78, 5) is 22.7. The van der Waals surface area contributed by atoms with E-state index in [2.05, 4.69) is 5.32 Å². The van der Waals surface area contributed by atoms with Crippen molar-refractivity contribution in [3.8, 4) is 0 Å². The van der Waals surface area contributed by atoms with Crippen molar-refractivity contribution >= 4 is 17.3 Å². The first-order valence-electron chi connectivity index (χ1n) is 6.17. The van der Waals surface area contributed by atoms with Crippen molar-refractivity contribution < 1.29 is 19.2 Å². The lowest BCUT2D eigenvalue weighted by molar-refractivity contribution is -0.385. The molecule has 2 rings (SSSR count). The van der Waals surface area contributed by atoms with Gasteiger partial charge >= 0.3 is 5.97 Å². The van der Waals surface area contributed by atoms with E-state index < -0.39 is 28.0 Å². The number of carbonyl (C=O) groups is 1. The average molecular weight is 283 g/mol. The van der Waals surface area contributed by atoms with Gasteiger partial charge in [0.15, 0.2) is 5.82 Å². The van der Waals surface area contributed by atoms with E-state index in [0.29, 0.717) is 25.7 Å². The topological polar surface area (TPSA) is 95.7 Å². The molecule has 0 spiro atoms. The van der Waals surface area contributed by atoms with Crippen molar-refractivity contribution in [3.63, 3.8) is 0 Å². The second kappa shape index (κ2) is 5.83. The van der Waals surface area contributed by atoms with Gasteiger partial charge in [0.1, 0.15) is 5.56 Å². The highest BCUT2D eigenvalue weighted by Crippen LogP contribution is 2.29. The standard InChI is InChI=1S/C12H14FN3O4/c13-9-7-10(16(19)20)8(12(17)18)6-11(9)15-4-1-2-14-3-5-15/h6-7,14H,1-5H2,(H,17,18). The number of nitrogens with one attached hydrogen (secondary N) is 1. The number of carboxylic acids is 1. The Kier molecular flexibility index (Phi) is 4.14. The van der Waals surface area contributed by atoms with Crippen LogP contribution in [0.3, 0.4) is 0 Å². The minimum Gasteiger partial charge on any atom is -0.477 e. The number of hydrogen-bond donors (Lipinski definition) is 2. The Bertz CT molecular complexity index is 542. The molecule has 1 aliphatic heterocycles. The third kappa shape index (κ3) is 2.85. The van der Waals surface area contributed by atoms with Crippen molar-refractivity contribution in [2.75, 3.05) is 31.1 Å². The van der Waals surface area contributed by atoms with Gasteiger partial charge in [-0.15, -0.1) is 0 Å². The summed E-state index contributed by atoms with van der Waals surface area (Å²) in [5, 5.41) is 22.9. The Morgan fingerprint density at radius 2 is 2.15 bits per heavy atom. The van der Waals surface area contributed by atoms with E-state index in [0.717, 1.165) is 19.0 Å². The summed E-state index contributed by atoms with van der Waals surface area (Å²) in [5.74, 6) is -2.21. The normalized spacial score (nSPS) is 15.8. The fourth-order valence-corrected chi connectivity index (χ4v) is 2.20. The molecule has 0 saturated carbocycles. The molecule has 1 aliphatic rings. The summed E-state index contributed by atoms with van der Waals surface area (Å²) in [7, 11) is 0. The number of nitro benzene ring substituents is 1. The minimum atomic E-state index is -1.44. The number of anilines is 1. The van der Waals surface area contributed by atoms with Gasteiger partial charge < -0.3 is 15.3 Å². The molecular weight excluding hydrogens is 269 g/mol. The number of rotatable bonds is 3. The molecule has 1 saturated heterocycles. The number of benzene rings is 1. The fraction of sp³-hybridized carbons (Fsp3) is 0.417. The van der Waals surface area contributed by atoms with Gasteiger partial charge in [-0.3, -0.25) is 10.1 Å². The van der Waals surface area contributed by atoms with E-state index in [1.807, 2.05) is 0 Å². The van der Waals surface area contributed by atoms with Crippen LogP contribution in [-0.2, 0) is 0 Å². The van der Waals surface area contributed by atoms with E-state index in [-0.39, 0.29) is 5.69 Å². The van der Waals surface area contributed by atoms with Crippen molar-refractivity contribution in [1.82, 2.24) is 5.32 Å². The van der Waals surface area contributed by atoms with Gasteiger partial charge in [0.05, 0.1) is 16.7 Å². The van der Waals surface area contributed by atoms with Crippen molar-refractivity contribution in [2.45, 2.75) is 6.42 Å². The summed E-state index contributed by atoms with van der Waals surface area (Å²) in [5.41, 5.74) is -1.13. The summed E-state index contributed by atoms with van der Waals surface area (Å²) in [6.07, 6.45) is 0.791. The van der Waals surface area contributed by atoms with Gasteiger partial charge in [-0.1, -0.05) is 0 Å². The van der Waals surface area contributed by atoms with Crippen LogP contribution in [0.1, 0.15) is 16.8 Å². The summed E-state index contributed by atoms with van der Waals surface area (Å²) in [6.45, 7) is 2.55. The number of nitro groups is 1. The van der Waals surface area contributed by atoms with Gasteiger partial charge in [0.25, 0.3) is 5.69 Å². The Morgan fingerprint density at radius 3 is 2.80 bits per heavy atom. The van der Waals surface area contributed by atoms with Crippen LogP contribution >= 0.6 is 0 Å². The van der Waals surface area contributed by atoms with Crippen LogP contribution in [0.4, 0.5) is 15.8 Å². The number of hydrogen-bond acceptors (Lipinski definition) is 5. The number of carboxylic acid groups (broad SMARTS) is 1. The maximum atomic E-state index is 14.0. The molecule has 0 atom stereocenters. The van der Waals surface area contributed by atoms with Crippen molar-refractivity contribution in [3.05, 3.63) is 33.6 Å². The highest BCUT2D eigenvalue weighted by molar-refractivity contribution is 5.93. The summed E-state index contributed by atoms with van der Waals surface area (Å²) >= 11 is 0. The van der Waals surface area contributed by atoms with Crippen LogP contribution in [-0.4, -0.2) is 42.2 Å². The van der Waals surface area contributed by atoms with E-state index in [1.165, 1.54) is 0 Å². The van der Waals surface area contributed by atoms with Crippen LogP contribution in [0, 0.1) is 15.9 Å². The maximum Gasteiger partial charge on any atom is 0.342 e. The molecule has 108 valence electrons. The molecule has 0 aromatic heterocycles. The highest BCUT2D eigenvalue weighted by Gasteiger charge is 2.25. The largest absolute Gasteiger partial charge is 0.477 e. The van der Waals surface area contributed by atoms with Crippen LogP contribution in [0.15, 0.2) is 12.1 Å². The molecule has 1 heterocycles. The van der Waals surface area contributed by atoms with Gasteiger partial charge in [-0.2, -0.15) is 0 Å². The van der Waals surface area contributed by atoms with Gasteiger partial charge in [-0.05, 0) is 19.0 Å². The van der Waals surface area contributed by atoms with E-state index in [1.54, 1.807) is 4.90 Å². The fourth-order valence-electron chi connectivity index (χ4n) is 2.20. The molecule has 0 aliphatic carbocycles. The minimum absolute atomic E-state index is 0.0942. The quantitative estimate of drug-likeness (QED) is 0.640. The van der Waals surface area contributed by atoms with Gasteiger partial charge in [0, 0.05) is 19.6 Å². The molecule has 0 unspecified atom stereocenters. The van der Waals surface area contributed by atoms with Crippen LogP contribution < -0.4 is 10.2 Å². The summed E-state index contributed by atoms with van der Waals surface area (Å²) < 4.78 is 14.0. The predicted octanol–water partition coefficient (Wildman–Crippen LogP) is 1.23. The first-order chi connectivity index (χ1) is 9.50. The molecule has 20 heavy (non-hydrogen) atoms. The Labute approximate surface area is 114 Å². The Hall–Kier alpha value is -2.22. The SMILES string of the molecule is O=C(O)c1cc(N2CCCNCC2)c(F)cc1[N+](=O)[O-]. The molecule has 7 nitrogen and oxygen atoms in total. The number of aromatic carboxylic acids is 1. The maximum absolute atomic E-state index is 14.0. The average Bonchev–Trinajstić information content (AvgIpc) is 2.66. The molecule has 1 aromatic carbocycles. The van der Waals surface area contributed by atoms with Crippen molar-refractivity contribution in [1.29, 1.82) is 0 Å². The Balaban J connectivity index is 2.45. The third-order valence-electron chi connectivity index (χ3n) is 3.17. The Morgan fingerprint density at radius 1 is 1.40 bits per heavy atom. The second-order valence-electron chi connectivity index (χ2n) is 4.47. The molecule has 1 aromatic rings. The first kappa shape index (κ1) is 14.2. The second-order valence-corrected chi connectivity index (χ2v) is 4.47. The predicted molar refractivity (Wildman–Crippen MR) is 69.7 cm³/mol. The first-order valence-corrected chi connectivity index (χ1v) is 6.17. The molecule has 0 radical (unpaired) electrons. The van der Waals surface area contributed by atoms with Crippen LogP contribution in [0.25, 0.3) is 0 Å². The van der Waals surface area contributed by atoms with E-state index >= 15 is 0 Å². The molecule has 8 heteroatoms. The number of halogens is 1. The van der Waals surface area contributed by atoms with Crippen LogP contribution in [0.2, 0.25) is 0 Å². The zero-order valence-electron chi connectivity index (χ0n) is 10.6. The zero-order chi connectivity index (χ0) is 14.7. The molecule has 0 bridgehead atoms. The van der Waals surface area contributed by atoms with E-state index in [4.69, 9.17) is 5.11 Å². The summed E-state index contributed by atoms with van der Waals surface area (Å²) in [6, 6.07) is 1.72. The molecular formula is C12H14FN3O4. The lowest BCUT2D eigenvalue weighted by atomic mass is 10.1. The third-order valence-corrected chi connectivity index (χ3v) is 3.17. The molecule has 0 amide bonds. The smallest absolute Gasteiger partial charge is 0.342 e. The van der Waals surface area contributed by atoms with Crippen molar-refractivity contribution in [2.24, 2.45) is 0 Å². The monoisotopic (exact) mass is 283 g/mol. The van der Waals surface area contributed by atoms with E-state index in [9.17, 15) is 19.3 Å².